The molecule has 0 atom stereocenters. The Morgan fingerprint density at radius 1 is 0.535 bits per heavy atom. The van der Waals surface area contributed by atoms with Crippen molar-refractivity contribution in [2.24, 2.45) is 0 Å². The molecule has 0 bridgehead atoms. The van der Waals surface area contributed by atoms with Crippen LogP contribution in [-0.2, 0) is 0 Å². The van der Waals surface area contributed by atoms with E-state index in [9.17, 15) is 0 Å². The number of fused-ring (bicyclic) bond motifs is 7. The first kappa shape index (κ1) is 24.2. The molecule has 0 N–H and O–H groups in total. The Bertz CT molecular complexity index is 2460. The second kappa shape index (κ2) is 9.55. The maximum absolute atomic E-state index is 6.43. The highest BCUT2D eigenvalue weighted by Gasteiger charge is 2.21. The van der Waals surface area contributed by atoms with Gasteiger partial charge in [0.1, 0.15) is 11.1 Å². The Morgan fingerprint density at radius 3 is 2.19 bits per heavy atom. The van der Waals surface area contributed by atoms with Crippen LogP contribution in [0.25, 0.3) is 64.3 Å². The van der Waals surface area contributed by atoms with E-state index in [2.05, 4.69) is 132 Å². The summed E-state index contributed by atoms with van der Waals surface area (Å²) in [5.41, 5.74) is 9.02. The molecule has 0 aliphatic rings. The molecule has 0 unspecified atom stereocenters. The van der Waals surface area contributed by atoms with Gasteiger partial charge in [0.25, 0.3) is 0 Å². The standard InChI is InChI=1S/C39H24N2OS/c1-2-9-25(10-3-1)26-17-19-28(20-18-26)41(29-21-22-37-31(24-29)30-12-5-7-16-36(30)43-37)33-14-8-15-34-38(33)39-35(42-34)23-27-11-4-6-13-32(27)40-39/h1-24H. The van der Waals surface area contributed by atoms with Gasteiger partial charge in [0.05, 0.1) is 16.6 Å². The van der Waals surface area contributed by atoms with Crippen LogP contribution in [0.2, 0.25) is 0 Å². The maximum atomic E-state index is 6.43. The Kier molecular flexibility index (Phi) is 5.37. The fourth-order valence-corrected chi connectivity index (χ4v) is 7.30. The summed E-state index contributed by atoms with van der Waals surface area (Å²) < 4.78 is 9.01. The topological polar surface area (TPSA) is 29.3 Å². The number of pyridine rings is 1. The van der Waals surface area contributed by atoms with Gasteiger partial charge in [-0.1, -0.05) is 84.9 Å². The molecule has 0 fully saturated rings. The molecule has 3 nitrogen and oxygen atoms in total. The van der Waals surface area contributed by atoms with Crippen molar-refractivity contribution in [2.45, 2.75) is 0 Å². The number of hydrogen-bond donors (Lipinski definition) is 0. The molecule has 9 aromatic rings. The van der Waals surface area contributed by atoms with Gasteiger partial charge in [0.15, 0.2) is 5.58 Å². The van der Waals surface area contributed by atoms with E-state index in [1.807, 2.05) is 29.5 Å². The Morgan fingerprint density at radius 2 is 1.28 bits per heavy atom. The summed E-state index contributed by atoms with van der Waals surface area (Å²) in [6, 6.07) is 51.4. The van der Waals surface area contributed by atoms with E-state index in [0.29, 0.717) is 0 Å². The van der Waals surface area contributed by atoms with Crippen LogP contribution in [0, 0.1) is 0 Å². The van der Waals surface area contributed by atoms with E-state index in [4.69, 9.17) is 9.40 Å². The highest BCUT2D eigenvalue weighted by molar-refractivity contribution is 7.25. The van der Waals surface area contributed by atoms with Crippen LogP contribution < -0.4 is 4.90 Å². The number of benzene rings is 6. The summed E-state index contributed by atoms with van der Waals surface area (Å²) in [7, 11) is 0. The van der Waals surface area contributed by atoms with Crippen LogP contribution in [0.1, 0.15) is 0 Å². The van der Waals surface area contributed by atoms with Crippen LogP contribution in [-0.4, -0.2) is 4.98 Å². The fraction of sp³-hybridized carbons (Fsp3) is 0. The van der Waals surface area contributed by atoms with E-state index in [0.717, 1.165) is 50.0 Å². The van der Waals surface area contributed by atoms with Crippen LogP contribution in [0.4, 0.5) is 17.1 Å². The smallest absolute Gasteiger partial charge is 0.154 e. The van der Waals surface area contributed by atoms with Crippen molar-refractivity contribution < 1.29 is 4.42 Å². The summed E-state index contributed by atoms with van der Waals surface area (Å²) in [4.78, 5) is 7.46. The van der Waals surface area contributed by atoms with Gasteiger partial charge in [-0.15, -0.1) is 11.3 Å². The maximum Gasteiger partial charge on any atom is 0.154 e. The predicted octanol–water partition coefficient (Wildman–Crippen LogP) is 11.6. The van der Waals surface area contributed by atoms with Crippen LogP contribution in [0.5, 0.6) is 0 Å². The molecule has 6 aromatic carbocycles. The molecule has 0 spiro atoms. The summed E-state index contributed by atoms with van der Waals surface area (Å²) >= 11 is 1.84. The largest absolute Gasteiger partial charge is 0.454 e. The summed E-state index contributed by atoms with van der Waals surface area (Å²) in [5.74, 6) is 0. The molecule has 0 aliphatic heterocycles. The Labute approximate surface area is 251 Å². The molecule has 202 valence electrons. The van der Waals surface area contributed by atoms with Crippen molar-refractivity contribution in [3.63, 3.8) is 0 Å². The molecular formula is C39H24N2OS. The van der Waals surface area contributed by atoms with Crippen molar-refractivity contribution in [3.05, 3.63) is 146 Å². The molecule has 4 heteroatoms. The highest BCUT2D eigenvalue weighted by atomic mass is 32.1. The minimum absolute atomic E-state index is 0.791. The third kappa shape index (κ3) is 3.92. The van der Waals surface area contributed by atoms with Gasteiger partial charge in [-0.25, -0.2) is 4.98 Å². The molecule has 3 aromatic heterocycles. The molecule has 0 radical (unpaired) electrons. The van der Waals surface area contributed by atoms with Crippen LogP contribution in [0.15, 0.2) is 150 Å². The molecule has 0 saturated carbocycles. The zero-order valence-corrected chi connectivity index (χ0v) is 23.9. The number of para-hydroxylation sites is 1. The van der Waals surface area contributed by atoms with Crippen molar-refractivity contribution in [1.29, 1.82) is 0 Å². The van der Waals surface area contributed by atoms with E-state index in [-0.39, 0.29) is 0 Å². The van der Waals surface area contributed by atoms with E-state index >= 15 is 0 Å². The summed E-state index contributed by atoms with van der Waals surface area (Å²) in [6.07, 6.45) is 0. The van der Waals surface area contributed by atoms with Gasteiger partial charge < -0.3 is 9.32 Å². The number of thiophene rings is 1. The van der Waals surface area contributed by atoms with Gasteiger partial charge in [-0.3, -0.25) is 0 Å². The lowest BCUT2D eigenvalue weighted by Crippen LogP contribution is -2.10. The van der Waals surface area contributed by atoms with Gasteiger partial charge >= 0.3 is 0 Å². The van der Waals surface area contributed by atoms with E-state index < -0.39 is 0 Å². The first-order valence-electron chi connectivity index (χ1n) is 14.4. The highest BCUT2D eigenvalue weighted by Crippen LogP contribution is 2.45. The van der Waals surface area contributed by atoms with Gasteiger partial charge in [-0.05, 0) is 71.8 Å². The predicted molar refractivity (Wildman–Crippen MR) is 182 cm³/mol. The lowest BCUT2D eigenvalue weighted by molar-refractivity contribution is 0.669. The lowest BCUT2D eigenvalue weighted by Gasteiger charge is -2.26. The third-order valence-electron chi connectivity index (χ3n) is 8.24. The van der Waals surface area contributed by atoms with E-state index in [1.54, 1.807) is 0 Å². The van der Waals surface area contributed by atoms with Gasteiger partial charge in [-0.2, -0.15) is 0 Å². The van der Waals surface area contributed by atoms with Gasteiger partial charge in [0, 0.05) is 36.9 Å². The van der Waals surface area contributed by atoms with Crippen LogP contribution in [0.3, 0.4) is 0 Å². The van der Waals surface area contributed by atoms with Crippen molar-refractivity contribution in [2.75, 3.05) is 4.90 Å². The van der Waals surface area contributed by atoms with Crippen molar-refractivity contribution >= 4 is 81.5 Å². The summed E-state index contributed by atoms with van der Waals surface area (Å²) in [6.45, 7) is 0. The molecule has 0 amide bonds. The zero-order chi connectivity index (χ0) is 28.3. The second-order valence-electron chi connectivity index (χ2n) is 10.8. The molecule has 43 heavy (non-hydrogen) atoms. The minimum Gasteiger partial charge on any atom is -0.454 e. The number of rotatable bonds is 4. The monoisotopic (exact) mass is 568 g/mol. The number of furan rings is 1. The van der Waals surface area contributed by atoms with Crippen LogP contribution >= 0.6 is 11.3 Å². The zero-order valence-electron chi connectivity index (χ0n) is 23.1. The number of hydrogen-bond acceptors (Lipinski definition) is 4. The SMILES string of the molecule is c1ccc(-c2ccc(N(c3ccc4sc5ccccc5c4c3)c3cccc4oc5cc6ccccc6nc5c34)cc2)cc1. The quantitative estimate of drug-likeness (QED) is 0.211. The third-order valence-corrected chi connectivity index (χ3v) is 9.39. The molecule has 0 saturated heterocycles. The van der Waals surface area contributed by atoms with E-state index in [1.165, 1.54) is 31.3 Å². The van der Waals surface area contributed by atoms with Crippen molar-refractivity contribution in [3.8, 4) is 11.1 Å². The Hall–Kier alpha value is -5.45. The second-order valence-corrected chi connectivity index (χ2v) is 11.9. The molecule has 9 rings (SSSR count). The number of nitrogens with zero attached hydrogens (tertiary/aromatic N) is 2. The minimum atomic E-state index is 0.791. The lowest BCUT2D eigenvalue weighted by atomic mass is 10.0. The first-order valence-corrected chi connectivity index (χ1v) is 15.2. The normalized spacial score (nSPS) is 11.7. The first-order chi connectivity index (χ1) is 21.3. The number of anilines is 3. The average molecular weight is 569 g/mol. The van der Waals surface area contributed by atoms with Crippen molar-refractivity contribution in [1.82, 2.24) is 4.98 Å². The fourth-order valence-electron chi connectivity index (χ4n) is 6.21. The Balaban J connectivity index is 1.31. The summed E-state index contributed by atoms with van der Waals surface area (Å²) in [5, 5.41) is 4.62. The average Bonchev–Trinajstić information content (AvgIpc) is 3.62. The molecular weight excluding hydrogens is 545 g/mol. The molecule has 0 aliphatic carbocycles. The number of aromatic nitrogens is 1. The van der Waals surface area contributed by atoms with Gasteiger partial charge in [0.2, 0.25) is 0 Å². The molecule has 3 heterocycles.